The molecular formula is C27H31BrF3N5O4. The molecule has 2 aliphatic rings. The molecule has 0 spiro atoms. The first kappa shape index (κ1) is 31.0. The summed E-state index contributed by atoms with van der Waals surface area (Å²) < 4.78 is 43.7. The summed E-state index contributed by atoms with van der Waals surface area (Å²) in [5.74, 6) is -1.01. The summed E-state index contributed by atoms with van der Waals surface area (Å²) in [5.41, 5.74) is 8.36. The molecule has 1 aliphatic carbocycles. The van der Waals surface area contributed by atoms with E-state index in [1.165, 1.54) is 10.5 Å². The second kappa shape index (κ2) is 12.8. The van der Waals surface area contributed by atoms with Crippen molar-refractivity contribution < 1.29 is 32.5 Å². The van der Waals surface area contributed by atoms with Crippen LogP contribution in [-0.2, 0) is 10.2 Å². The number of aliphatic imine (C=N–C) groups is 1. The number of nitriles is 1. The third-order valence-electron chi connectivity index (χ3n) is 7.41. The molecule has 0 amide bonds. The number of rotatable bonds is 5. The molecule has 0 aromatic heterocycles. The molecule has 216 valence electrons. The lowest BCUT2D eigenvalue weighted by molar-refractivity contribution is -0.192. The fraction of sp³-hybridized carbons (Fsp3) is 0.444. The van der Waals surface area contributed by atoms with Crippen LogP contribution in [0.4, 0.5) is 18.9 Å². The van der Waals surface area contributed by atoms with Gasteiger partial charge < -0.3 is 25.2 Å². The highest BCUT2D eigenvalue weighted by Crippen LogP contribution is 2.50. The van der Waals surface area contributed by atoms with Crippen LogP contribution in [0.15, 0.2) is 51.9 Å². The number of carbonyl (C=O) groups is 1. The second-order valence-corrected chi connectivity index (χ2v) is 10.5. The van der Waals surface area contributed by atoms with E-state index < -0.39 is 12.1 Å². The molecule has 1 saturated heterocycles. The minimum Gasteiger partial charge on any atom is -0.493 e. The number of hydrogen-bond donors (Lipinski definition) is 2. The van der Waals surface area contributed by atoms with Gasteiger partial charge in [0.1, 0.15) is 0 Å². The fourth-order valence-electron chi connectivity index (χ4n) is 5.46. The Morgan fingerprint density at radius 1 is 1.23 bits per heavy atom. The zero-order valence-electron chi connectivity index (χ0n) is 22.3. The van der Waals surface area contributed by atoms with Gasteiger partial charge in [-0.15, -0.1) is 0 Å². The number of nitrogens with two attached hydrogens (primary N) is 1. The zero-order chi connectivity index (χ0) is 29.7. The van der Waals surface area contributed by atoms with Crippen LogP contribution in [0, 0.1) is 11.5 Å². The minimum atomic E-state index is -5.08. The van der Waals surface area contributed by atoms with E-state index in [2.05, 4.69) is 46.2 Å². The minimum absolute atomic E-state index is 0.0499. The van der Waals surface area contributed by atoms with Crippen molar-refractivity contribution in [1.29, 1.82) is 5.26 Å². The molecule has 2 aromatic rings. The van der Waals surface area contributed by atoms with Crippen molar-refractivity contribution in [2.24, 2.45) is 10.7 Å². The maximum Gasteiger partial charge on any atom is 0.490 e. The molecule has 0 bridgehead atoms. The Balaban J connectivity index is 0.000000559. The first-order valence-electron chi connectivity index (χ1n) is 12.4. The van der Waals surface area contributed by atoms with Crippen molar-refractivity contribution in [1.82, 2.24) is 4.90 Å². The van der Waals surface area contributed by atoms with E-state index >= 15 is 0 Å². The molecule has 3 atom stereocenters. The van der Waals surface area contributed by atoms with Crippen LogP contribution in [0.25, 0.3) is 0 Å². The highest BCUT2D eigenvalue weighted by atomic mass is 79.9. The smallest absolute Gasteiger partial charge is 0.490 e. The molecule has 13 heteroatoms. The summed E-state index contributed by atoms with van der Waals surface area (Å²) in [6.07, 6.45) is 0.988. The van der Waals surface area contributed by atoms with Crippen LogP contribution in [0.2, 0.25) is 0 Å². The third-order valence-corrected chi connectivity index (χ3v) is 7.90. The lowest BCUT2D eigenvalue weighted by atomic mass is 9.65. The average molecular weight is 626 g/mol. The van der Waals surface area contributed by atoms with Crippen molar-refractivity contribution in [2.75, 3.05) is 32.7 Å². The van der Waals surface area contributed by atoms with Gasteiger partial charge >= 0.3 is 12.1 Å². The Bertz CT molecular complexity index is 1290. The topological polar surface area (TPSA) is 124 Å². The number of nitrogens with zero attached hydrogens (tertiary/aromatic N) is 4. The molecule has 2 fully saturated rings. The number of carboxylic acids is 1. The lowest BCUT2D eigenvalue weighted by Crippen LogP contribution is -2.47. The first-order chi connectivity index (χ1) is 18.9. The van der Waals surface area contributed by atoms with Crippen molar-refractivity contribution >= 4 is 33.5 Å². The summed E-state index contributed by atoms with van der Waals surface area (Å²) in [5, 5.41) is 16.8. The molecule has 1 aliphatic heterocycles. The third kappa shape index (κ3) is 6.79. The van der Waals surface area contributed by atoms with E-state index in [9.17, 15) is 18.4 Å². The molecule has 9 nitrogen and oxygen atoms in total. The highest BCUT2D eigenvalue weighted by molar-refractivity contribution is 9.10. The van der Waals surface area contributed by atoms with Crippen LogP contribution in [0.1, 0.15) is 31.2 Å². The standard InChI is InChI=1S/C25H30BrN5O2.C2HF3O2/c1-30-12-11-25(17-7-8-21(32-2)22(13-17)33-3)10-9-19(15-23(25)30)29-24(28)31(16-27)20-6-4-5-18(26)14-20;3-2(4,5)1(6)7/h4-8,13-14,19,23H,9-12,15H2,1-3H3,(H2,28,29);(H,6,7)/t19-,23+,25+;/m1./s1. The number of halogens is 4. The molecule has 4 rings (SSSR count). The molecular weight excluding hydrogens is 595 g/mol. The van der Waals surface area contributed by atoms with Gasteiger partial charge in [-0.05, 0) is 75.2 Å². The molecule has 0 unspecified atom stereocenters. The molecule has 2 aromatic carbocycles. The van der Waals surface area contributed by atoms with Gasteiger partial charge in [0, 0.05) is 15.9 Å². The van der Waals surface area contributed by atoms with Crippen molar-refractivity contribution in [3.05, 3.63) is 52.5 Å². The predicted molar refractivity (Wildman–Crippen MR) is 147 cm³/mol. The normalized spacial score (nSPS) is 22.8. The Labute approximate surface area is 239 Å². The highest BCUT2D eigenvalue weighted by Gasteiger charge is 2.50. The Morgan fingerprint density at radius 2 is 1.90 bits per heavy atom. The number of benzene rings is 2. The maximum absolute atomic E-state index is 10.6. The number of fused-ring (bicyclic) bond motifs is 1. The van der Waals surface area contributed by atoms with Crippen LogP contribution < -0.4 is 20.1 Å². The van der Waals surface area contributed by atoms with E-state index in [4.69, 9.17) is 30.1 Å². The lowest BCUT2D eigenvalue weighted by Gasteiger charge is -2.44. The van der Waals surface area contributed by atoms with Crippen molar-refractivity contribution in [2.45, 2.75) is 49.4 Å². The van der Waals surface area contributed by atoms with E-state index in [-0.39, 0.29) is 17.4 Å². The van der Waals surface area contributed by atoms with Gasteiger partial charge in [0.2, 0.25) is 5.96 Å². The number of ether oxygens (including phenoxy) is 2. The van der Waals surface area contributed by atoms with Crippen molar-refractivity contribution in [3.8, 4) is 17.7 Å². The Hall–Kier alpha value is -3.50. The maximum atomic E-state index is 10.6. The van der Waals surface area contributed by atoms with Crippen LogP contribution in [0.3, 0.4) is 0 Å². The Morgan fingerprint density at radius 3 is 2.48 bits per heavy atom. The second-order valence-electron chi connectivity index (χ2n) is 9.61. The number of hydrogen-bond acceptors (Lipinski definition) is 6. The van der Waals surface area contributed by atoms with Gasteiger partial charge in [-0.3, -0.25) is 0 Å². The summed E-state index contributed by atoms with van der Waals surface area (Å²) in [6, 6.07) is 14.2. The van der Waals surface area contributed by atoms with Crippen LogP contribution >= 0.6 is 15.9 Å². The number of likely N-dealkylation sites (tertiary alicyclic amines) is 1. The number of likely N-dealkylation sites (N-methyl/N-ethyl adjacent to an activating group) is 1. The Kier molecular flexibility index (Phi) is 9.92. The molecule has 0 radical (unpaired) electrons. The van der Waals surface area contributed by atoms with E-state index in [0.29, 0.717) is 11.7 Å². The van der Waals surface area contributed by atoms with Gasteiger partial charge in [-0.1, -0.05) is 28.1 Å². The summed E-state index contributed by atoms with van der Waals surface area (Å²) >= 11 is 3.45. The number of methoxy groups -OCH3 is 2. The molecule has 40 heavy (non-hydrogen) atoms. The number of aliphatic carboxylic acids is 1. The monoisotopic (exact) mass is 625 g/mol. The van der Waals surface area contributed by atoms with Gasteiger partial charge in [0.25, 0.3) is 0 Å². The summed E-state index contributed by atoms with van der Waals surface area (Å²) in [4.78, 5) is 17.5. The van der Waals surface area contributed by atoms with Crippen LogP contribution in [-0.4, -0.2) is 68.0 Å². The first-order valence-corrected chi connectivity index (χ1v) is 13.2. The zero-order valence-corrected chi connectivity index (χ0v) is 23.9. The van der Waals surface area contributed by atoms with Gasteiger partial charge in [0.15, 0.2) is 17.7 Å². The summed E-state index contributed by atoms with van der Waals surface area (Å²) in [6.45, 7) is 1.04. The van der Waals surface area contributed by atoms with E-state index in [0.717, 1.165) is 48.2 Å². The average Bonchev–Trinajstić information content (AvgIpc) is 3.25. The van der Waals surface area contributed by atoms with E-state index in [1.807, 2.05) is 30.3 Å². The number of guanidine groups is 1. The molecule has 1 heterocycles. The SMILES string of the molecule is COc1ccc([C@@]23CC[C@@H](N=C(N)N(C#N)c4cccc(Br)c4)C[C@@H]2N(C)CC3)cc1OC.O=C(O)C(F)(F)F. The summed E-state index contributed by atoms with van der Waals surface area (Å²) in [7, 11) is 5.53. The quantitative estimate of drug-likeness (QED) is 0.208. The largest absolute Gasteiger partial charge is 0.493 e. The molecule has 1 saturated carbocycles. The van der Waals surface area contributed by atoms with Crippen molar-refractivity contribution in [3.63, 3.8) is 0 Å². The van der Waals surface area contributed by atoms with Gasteiger partial charge in [0.05, 0.1) is 25.9 Å². The predicted octanol–water partition coefficient (Wildman–Crippen LogP) is 4.90. The fourth-order valence-corrected chi connectivity index (χ4v) is 5.85. The molecule has 3 N–H and O–H groups in total. The number of carboxylic acid groups (broad SMARTS) is 1. The van der Waals surface area contributed by atoms with E-state index in [1.54, 1.807) is 14.2 Å². The number of alkyl halides is 3. The number of anilines is 1. The van der Waals surface area contributed by atoms with Gasteiger partial charge in [-0.2, -0.15) is 18.4 Å². The van der Waals surface area contributed by atoms with Gasteiger partial charge in [-0.25, -0.2) is 14.7 Å². The van der Waals surface area contributed by atoms with Crippen LogP contribution in [0.5, 0.6) is 11.5 Å².